The zero-order chi connectivity index (χ0) is 9.12. The van der Waals surface area contributed by atoms with Gasteiger partial charge in [0.05, 0.1) is 0 Å². The van der Waals surface area contributed by atoms with Gasteiger partial charge in [0.25, 0.3) is 0 Å². The SMILES string of the molecule is CCC(C)(Br)OC(C)(Br)CC. The lowest BCUT2D eigenvalue weighted by Gasteiger charge is -2.31. The number of alkyl halides is 2. The molecule has 0 aromatic rings. The Morgan fingerprint density at radius 3 is 1.45 bits per heavy atom. The molecule has 0 saturated carbocycles. The average molecular weight is 288 g/mol. The van der Waals surface area contributed by atoms with Crippen LogP contribution in [0.4, 0.5) is 0 Å². The summed E-state index contributed by atoms with van der Waals surface area (Å²) < 4.78 is 5.34. The van der Waals surface area contributed by atoms with Crippen LogP contribution in [-0.2, 0) is 4.74 Å². The number of hydrogen-bond acceptors (Lipinski definition) is 1. The van der Waals surface area contributed by atoms with Gasteiger partial charge in [-0.1, -0.05) is 45.7 Å². The normalized spacial score (nSPS) is 22.4. The van der Waals surface area contributed by atoms with Gasteiger partial charge < -0.3 is 4.74 Å². The van der Waals surface area contributed by atoms with E-state index >= 15 is 0 Å². The van der Waals surface area contributed by atoms with E-state index in [0.717, 1.165) is 12.8 Å². The van der Waals surface area contributed by atoms with Crippen LogP contribution < -0.4 is 0 Å². The molecule has 0 aliphatic carbocycles. The van der Waals surface area contributed by atoms with Crippen LogP contribution >= 0.6 is 31.9 Å². The fraction of sp³-hybridized carbons (Fsp3) is 1.00. The standard InChI is InChI=1S/C8H16Br2O/c1-5-7(3,9)11-8(4,10)6-2/h5-6H2,1-4H3. The second-order valence-corrected chi connectivity index (χ2v) is 6.37. The highest BCUT2D eigenvalue weighted by Crippen LogP contribution is 2.34. The fourth-order valence-corrected chi connectivity index (χ4v) is 1.52. The minimum Gasteiger partial charge on any atom is -0.347 e. The van der Waals surface area contributed by atoms with Crippen molar-refractivity contribution in [3.63, 3.8) is 0 Å². The quantitative estimate of drug-likeness (QED) is 0.709. The van der Waals surface area contributed by atoms with Crippen molar-refractivity contribution in [3.05, 3.63) is 0 Å². The molecule has 0 amide bonds. The van der Waals surface area contributed by atoms with Gasteiger partial charge >= 0.3 is 0 Å². The summed E-state index contributed by atoms with van der Waals surface area (Å²) >= 11 is 7.01. The molecule has 0 saturated heterocycles. The predicted octanol–water partition coefficient (Wildman–Crippen LogP) is 4.05. The molecule has 0 N–H and O–H groups in total. The Balaban J connectivity index is 4.02. The number of hydrogen-bond donors (Lipinski definition) is 0. The van der Waals surface area contributed by atoms with Crippen molar-refractivity contribution in [1.29, 1.82) is 0 Å². The van der Waals surface area contributed by atoms with Gasteiger partial charge in [0, 0.05) is 0 Å². The van der Waals surface area contributed by atoms with Crippen molar-refractivity contribution < 1.29 is 4.74 Å². The van der Waals surface area contributed by atoms with Gasteiger partial charge in [0.1, 0.15) is 9.02 Å². The summed E-state index contributed by atoms with van der Waals surface area (Å²) in [5, 5.41) is 0. The van der Waals surface area contributed by atoms with E-state index in [9.17, 15) is 0 Å². The number of rotatable bonds is 4. The first kappa shape index (κ1) is 11.9. The molecule has 2 unspecified atom stereocenters. The van der Waals surface area contributed by atoms with Crippen molar-refractivity contribution in [1.82, 2.24) is 0 Å². The summed E-state index contributed by atoms with van der Waals surface area (Å²) in [6.45, 7) is 8.24. The molecule has 0 aliphatic rings. The van der Waals surface area contributed by atoms with Crippen LogP contribution in [0.5, 0.6) is 0 Å². The van der Waals surface area contributed by atoms with Gasteiger partial charge in [-0.25, -0.2) is 0 Å². The highest BCUT2D eigenvalue weighted by Gasteiger charge is 2.29. The first-order valence-electron chi connectivity index (χ1n) is 3.91. The molecule has 0 rings (SSSR count). The van der Waals surface area contributed by atoms with E-state index in [1.54, 1.807) is 0 Å². The molecule has 0 aromatic carbocycles. The second kappa shape index (κ2) is 4.24. The van der Waals surface area contributed by atoms with Gasteiger partial charge in [0.15, 0.2) is 0 Å². The summed E-state index contributed by atoms with van der Waals surface area (Å²) in [4.78, 5) is 0. The van der Waals surface area contributed by atoms with Crippen LogP contribution in [0.2, 0.25) is 0 Å². The molecule has 0 aromatic heterocycles. The Bertz CT molecular complexity index is 107. The Morgan fingerprint density at radius 2 is 1.27 bits per heavy atom. The maximum absolute atomic E-state index is 5.76. The summed E-state index contributed by atoms with van der Waals surface area (Å²) in [6, 6.07) is 0. The van der Waals surface area contributed by atoms with Crippen molar-refractivity contribution in [3.8, 4) is 0 Å². The zero-order valence-corrected chi connectivity index (χ0v) is 10.8. The molecular weight excluding hydrogens is 272 g/mol. The third-order valence-corrected chi connectivity index (χ3v) is 3.13. The average Bonchev–Trinajstić information content (AvgIpc) is 1.86. The van der Waals surface area contributed by atoms with E-state index in [-0.39, 0.29) is 9.02 Å². The largest absolute Gasteiger partial charge is 0.347 e. The van der Waals surface area contributed by atoms with Gasteiger partial charge in [0.2, 0.25) is 0 Å². The highest BCUT2D eigenvalue weighted by atomic mass is 79.9. The maximum Gasteiger partial charge on any atom is 0.121 e. The van der Waals surface area contributed by atoms with Crippen LogP contribution in [0.25, 0.3) is 0 Å². The molecule has 0 heterocycles. The third kappa shape index (κ3) is 5.21. The van der Waals surface area contributed by atoms with Gasteiger partial charge in [-0.05, 0) is 26.7 Å². The lowest BCUT2D eigenvalue weighted by atomic mass is 10.2. The lowest BCUT2D eigenvalue weighted by molar-refractivity contribution is -0.0311. The van der Waals surface area contributed by atoms with Crippen LogP contribution in [0, 0.1) is 0 Å². The van der Waals surface area contributed by atoms with E-state index in [1.165, 1.54) is 0 Å². The molecule has 3 heteroatoms. The van der Waals surface area contributed by atoms with E-state index < -0.39 is 0 Å². The monoisotopic (exact) mass is 286 g/mol. The van der Waals surface area contributed by atoms with Crippen molar-refractivity contribution >= 4 is 31.9 Å². The molecule has 0 spiro atoms. The Kier molecular flexibility index (Phi) is 4.59. The summed E-state index contributed by atoms with van der Waals surface area (Å²) in [5.74, 6) is 0. The topological polar surface area (TPSA) is 9.23 Å². The minimum atomic E-state index is -0.207. The molecular formula is C8H16Br2O. The van der Waals surface area contributed by atoms with Gasteiger partial charge in [-0.15, -0.1) is 0 Å². The van der Waals surface area contributed by atoms with Crippen molar-refractivity contribution in [2.45, 2.75) is 49.6 Å². The number of ether oxygens (including phenoxy) is 1. The zero-order valence-electron chi connectivity index (χ0n) is 7.58. The summed E-state index contributed by atoms with van der Waals surface area (Å²) in [7, 11) is 0. The molecule has 2 atom stereocenters. The molecule has 0 bridgehead atoms. The Labute approximate surface area is 86.1 Å². The lowest BCUT2D eigenvalue weighted by Crippen LogP contribution is -2.31. The van der Waals surface area contributed by atoms with Gasteiger partial charge in [-0.2, -0.15) is 0 Å². The van der Waals surface area contributed by atoms with E-state index in [1.807, 2.05) is 13.8 Å². The van der Waals surface area contributed by atoms with Crippen molar-refractivity contribution in [2.75, 3.05) is 0 Å². The van der Waals surface area contributed by atoms with Crippen LogP contribution in [0.1, 0.15) is 40.5 Å². The Hall–Kier alpha value is 0.920. The Morgan fingerprint density at radius 1 is 1.00 bits per heavy atom. The van der Waals surface area contributed by atoms with E-state index in [4.69, 9.17) is 4.74 Å². The van der Waals surface area contributed by atoms with E-state index in [2.05, 4.69) is 45.7 Å². The molecule has 1 nitrogen and oxygen atoms in total. The molecule has 0 radical (unpaired) electrons. The fourth-order valence-electron chi connectivity index (χ4n) is 0.588. The molecule has 0 fully saturated rings. The molecule has 68 valence electrons. The van der Waals surface area contributed by atoms with Crippen LogP contribution in [-0.4, -0.2) is 9.02 Å². The summed E-state index contributed by atoms with van der Waals surface area (Å²) in [6.07, 6.45) is 1.91. The minimum absolute atomic E-state index is 0.207. The summed E-state index contributed by atoms with van der Waals surface area (Å²) in [5.41, 5.74) is 0. The highest BCUT2D eigenvalue weighted by molar-refractivity contribution is 9.10. The van der Waals surface area contributed by atoms with Crippen LogP contribution in [0.3, 0.4) is 0 Å². The van der Waals surface area contributed by atoms with E-state index in [0.29, 0.717) is 0 Å². The van der Waals surface area contributed by atoms with Crippen LogP contribution in [0.15, 0.2) is 0 Å². The first-order chi connectivity index (χ1) is 4.83. The molecule has 11 heavy (non-hydrogen) atoms. The first-order valence-corrected chi connectivity index (χ1v) is 5.49. The van der Waals surface area contributed by atoms with Crippen molar-refractivity contribution in [2.24, 2.45) is 0 Å². The molecule has 0 aliphatic heterocycles. The smallest absolute Gasteiger partial charge is 0.121 e. The second-order valence-electron chi connectivity index (χ2n) is 3.01. The predicted molar refractivity (Wildman–Crippen MR) is 56.3 cm³/mol. The number of halogens is 2. The third-order valence-electron chi connectivity index (χ3n) is 1.69. The van der Waals surface area contributed by atoms with Gasteiger partial charge in [-0.3, -0.25) is 0 Å². The maximum atomic E-state index is 5.76.